The Hall–Kier alpha value is -1.97. The van der Waals surface area contributed by atoms with Crippen molar-refractivity contribution in [1.29, 1.82) is 0 Å². The molecule has 2 aromatic rings. The lowest BCUT2D eigenvalue weighted by Gasteiger charge is -2.16. The molecule has 0 aliphatic carbocycles. The third kappa shape index (κ3) is 1.79. The summed E-state index contributed by atoms with van der Waals surface area (Å²) in [5, 5.41) is 10.5. The van der Waals surface area contributed by atoms with Gasteiger partial charge >= 0.3 is 0 Å². The van der Waals surface area contributed by atoms with Crippen LogP contribution in [0.2, 0.25) is 0 Å². The topological polar surface area (TPSA) is 47.2 Å². The minimum absolute atomic E-state index is 0.0720. The number of benzene rings is 1. The van der Waals surface area contributed by atoms with Gasteiger partial charge in [0.15, 0.2) is 0 Å². The Balaban J connectivity index is 2.32. The summed E-state index contributed by atoms with van der Waals surface area (Å²) < 4.78 is 3.40. The van der Waals surface area contributed by atoms with Gasteiger partial charge in [0.1, 0.15) is 5.56 Å². The van der Waals surface area contributed by atoms with E-state index in [0.717, 1.165) is 29.5 Å². The van der Waals surface area contributed by atoms with E-state index in [-0.39, 0.29) is 11.4 Å². The molecule has 0 saturated carbocycles. The van der Waals surface area contributed by atoms with E-state index >= 15 is 0 Å². The minimum Gasteiger partial charge on any atom is -0.493 e. The highest BCUT2D eigenvalue weighted by atomic mass is 16.3. The molecule has 20 heavy (non-hydrogen) atoms. The summed E-state index contributed by atoms with van der Waals surface area (Å²) in [6.45, 7) is 7.44. The van der Waals surface area contributed by atoms with Gasteiger partial charge in [0.25, 0.3) is 5.56 Å². The quantitative estimate of drug-likeness (QED) is 0.867. The Labute approximate surface area is 118 Å². The lowest BCUT2D eigenvalue weighted by Crippen LogP contribution is -2.27. The number of aromatic nitrogens is 2. The Morgan fingerprint density at radius 1 is 0.950 bits per heavy atom. The van der Waals surface area contributed by atoms with Crippen LogP contribution in [0.3, 0.4) is 0 Å². The van der Waals surface area contributed by atoms with Crippen LogP contribution < -0.4 is 5.56 Å². The van der Waals surface area contributed by atoms with Gasteiger partial charge in [-0.3, -0.25) is 9.48 Å². The maximum absolute atomic E-state index is 12.6. The summed E-state index contributed by atoms with van der Waals surface area (Å²) in [5.74, 6) is 0.116. The van der Waals surface area contributed by atoms with Crippen molar-refractivity contribution in [2.75, 3.05) is 0 Å². The summed E-state index contributed by atoms with van der Waals surface area (Å²) >= 11 is 0. The summed E-state index contributed by atoms with van der Waals surface area (Å²) in [6.07, 6.45) is 2.00. The first-order chi connectivity index (χ1) is 9.50. The first-order valence-electron chi connectivity index (χ1n) is 7.11. The molecule has 0 saturated heterocycles. The van der Waals surface area contributed by atoms with Crippen molar-refractivity contribution >= 4 is 0 Å². The molecule has 0 bridgehead atoms. The Bertz CT molecular complexity index is 715. The summed E-state index contributed by atoms with van der Waals surface area (Å²) in [6, 6.07) is 4.12. The molecular formula is C16H20N2O2. The first-order valence-corrected chi connectivity index (χ1v) is 7.11. The van der Waals surface area contributed by atoms with Gasteiger partial charge in [-0.25, -0.2) is 4.68 Å². The van der Waals surface area contributed by atoms with Gasteiger partial charge in [-0.05, 0) is 50.3 Å². The largest absolute Gasteiger partial charge is 0.493 e. The highest BCUT2D eigenvalue weighted by molar-refractivity contribution is 5.74. The van der Waals surface area contributed by atoms with E-state index in [2.05, 4.69) is 12.1 Å². The second-order valence-corrected chi connectivity index (χ2v) is 5.73. The molecule has 0 fully saturated rings. The molecule has 1 aliphatic heterocycles. The van der Waals surface area contributed by atoms with Crippen molar-refractivity contribution in [3.05, 3.63) is 39.2 Å². The van der Waals surface area contributed by atoms with E-state index in [1.165, 1.54) is 5.56 Å². The monoisotopic (exact) mass is 272 g/mol. The van der Waals surface area contributed by atoms with Crippen molar-refractivity contribution < 1.29 is 5.11 Å². The Morgan fingerprint density at radius 3 is 2.05 bits per heavy atom. The van der Waals surface area contributed by atoms with Crippen molar-refractivity contribution in [2.45, 2.75) is 46.7 Å². The van der Waals surface area contributed by atoms with Crippen LogP contribution in [0.15, 0.2) is 16.9 Å². The van der Waals surface area contributed by atoms with Crippen molar-refractivity contribution in [2.24, 2.45) is 0 Å². The molecule has 0 radical (unpaired) electrons. The summed E-state index contributed by atoms with van der Waals surface area (Å²) in [5.41, 5.74) is 4.52. The number of nitrogens with zero attached hydrogens (tertiary/aromatic N) is 2. The molecule has 4 nitrogen and oxygen atoms in total. The van der Waals surface area contributed by atoms with Crippen LogP contribution in [-0.2, 0) is 13.1 Å². The maximum atomic E-state index is 12.6. The molecule has 106 valence electrons. The van der Waals surface area contributed by atoms with Crippen LogP contribution in [-0.4, -0.2) is 14.5 Å². The van der Waals surface area contributed by atoms with Crippen LogP contribution in [0.4, 0.5) is 0 Å². The molecule has 0 spiro atoms. The second-order valence-electron chi connectivity index (χ2n) is 5.73. The van der Waals surface area contributed by atoms with E-state index in [9.17, 15) is 9.90 Å². The fourth-order valence-electron chi connectivity index (χ4n) is 3.34. The smallest absolute Gasteiger partial charge is 0.278 e. The lowest BCUT2D eigenvalue weighted by atomic mass is 9.95. The predicted octanol–water partition coefficient (Wildman–Crippen LogP) is 2.74. The highest BCUT2D eigenvalue weighted by Crippen LogP contribution is 2.33. The molecule has 4 heteroatoms. The minimum atomic E-state index is -0.0720. The molecule has 1 aliphatic rings. The zero-order valence-electron chi connectivity index (χ0n) is 12.2. The summed E-state index contributed by atoms with van der Waals surface area (Å²) in [4.78, 5) is 12.6. The van der Waals surface area contributed by atoms with Crippen molar-refractivity contribution in [1.82, 2.24) is 9.36 Å². The van der Waals surface area contributed by atoms with Crippen LogP contribution >= 0.6 is 0 Å². The number of aromatic hydroxyl groups is 1. The normalized spacial score (nSPS) is 14.3. The molecule has 0 amide bonds. The number of hydrogen-bond donors (Lipinski definition) is 1. The van der Waals surface area contributed by atoms with Gasteiger partial charge < -0.3 is 5.11 Å². The molecule has 1 N–H and O–H groups in total. The molecule has 1 aromatic carbocycles. The van der Waals surface area contributed by atoms with Crippen molar-refractivity contribution in [3.8, 4) is 17.0 Å². The number of hydrogen-bond acceptors (Lipinski definition) is 2. The predicted molar refractivity (Wildman–Crippen MR) is 79.2 cm³/mol. The van der Waals surface area contributed by atoms with Gasteiger partial charge in [-0.2, -0.15) is 0 Å². The maximum Gasteiger partial charge on any atom is 0.278 e. The zero-order chi connectivity index (χ0) is 14.4. The zero-order valence-corrected chi connectivity index (χ0v) is 12.2. The lowest BCUT2D eigenvalue weighted by molar-refractivity contribution is 0.305. The van der Waals surface area contributed by atoms with Gasteiger partial charge in [0, 0.05) is 13.1 Å². The third-order valence-electron chi connectivity index (χ3n) is 4.12. The SMILES string of the molecule is Cc1cc(C)c(-c2c(O)n3n(c2=O)CCCC3)c(C)c1. The van der Waals surface area contributed by atoms with Crippen LogP contribution in [0, 0.1) is 20.8 Å². The Morgan fingerprint density at radius 2 is 1.50 bits per heavy atom. The first kappa shape index (κ1) is 13.0. The molecule has 0 atom stereocenters. The number of rotatable bonds is 1. The molecule has 0 unspecified atom stereocenters. The van der Waals surface area contributed by atoms with Gasteiger partial charge in [-0.1, -0.05) is 17.7 Å². The molecular weight excluding hydrogens is 252 g/mol. The second kappa shape index (κ2) is 4.54. The van der Waals surface area contributed by atoms with E-state index in [1.807, 2.05) is 20.8 Å². The molecule has 3 rings (SSSR count). The van der Waals surface area contributed by atoms with Gasteiger partial charge in [0.2, 0.25) is 5.88 Å². The molecule has 2 heterocycles. The van der Waals surface area contributed by atoms with Crippen LogP contribution in [0.1, 0.15) is 29.5 Å². The van der Waals surface area contributed by atoms with Crippen molar-refractivity contribution in [3.63, 3.8) is 0 Å². The highest BCUT2D eigenvalue weighted by Gasteiger charge is 2.24. The number of aryl methyl sites for hydroxylation is 3. The van der Waals surface area contributed by atoms with Gasteiger partial charge in [-0.15, -0.1) is 0 Å². The van der Waals surface area contributed by atoms with E-state index in [1.54, 1.807) is 9.36 Å². The Kier molecular flexibility index (Phi) is 2.96. The molecule has 1 aromatic heterocycles. The van der Waals surface area contributed by atoms with Crippen LogP contribution in [0.25, 0.3) is 11.1 Å². The van der Waals surface area contributed by atoms with E-state index in [4.69, 9.17) is 0 Å². The average molecular weight is 272 g/mol. The average Bonchev–Trinajstić information content (AvgIpc) is 2.64. The summed E-state index contributed by atoms with van der Waals surface area (Å²) in [7, 11) is 0. The van der Waals surface area contributed by atoms with E-state index < -0.39 is 0 Å². The van der Waals surface area contributed by atoms with E-state index in [0.29, 0.717) is 18.7 Å². The fourth-order valence-corrected chi connectivity index (χ4v) is 3.34. The third-order valence-corrected chi connectivity index (χ3v) is 4.12. The standard InChI is InChI=1S/C16H20N2O2/c1-10-8-11(2)13(12(3)9-10)14-15(19)17-6-4-5-7-18(17)16(14)20/h8-9,19H,4-7H2,1-3H3. The fraction of sp³-hybridized carbons (Fsp3) is 0.438. The van der Waals surface area contributed by atoms with Gasteiger partial charge in [0.05, 0.1) is 0 Å². The number of fused-ring (bicyclic) bond motifs is 1. The van der Waals surface area contributed by atoms with Crippen LogP contribution in [0.5, 0.6) is 5.88 Å².